The number of nitriles is 1. The molecule has 6 heteroatoms. The molecular weight excluding hydrogens is 288 g/mol. The summed E-state index contributed by atoms with van der Waals surface area (Å²) >= 11 is 0. The van der Waals surface area contributed by atoms with E-state index >= 15 is 0 Å². The Kier molecular flexibility index (Phi) is 3.94. The molecule has 0 aliphatic rings. The van der Waals surface area contributed by atoms with E-state index < -0.39 is 0 Å². The lowest BCUT2D eigenvalue weighted by molar-refractivity contribution is 0.727. The summed E-state index contributed by atoms with van der Waals surface area (Å²) in [6.07, 6.45) is 0. The molecule has 0 atom stereocenters. The number of aromatic nitrogens is 4. The molecule has 0 radical (unpaired) electrons. The van der Waals surface area contributed by atoms with Gasteiger partial charge in [0.15, 0.2) is 5.82 Å². The van der Waals surface area contributed by atoms with Crippen molar-refractivity contribution in [2.45, 2.75) is 33.9 Å². The monoisotopic (exact) mass is 306 g/mol. The maximum Gasteiger partial charge on any atom is 0.167 e. The molecule has 0 saturated heterocycles. The molecule has 0 bridgehead atoms. The Bertz CT molecular complexity index is 903. The fraction of sp³-hybridized carbons (Fsp3) is 0.294. The van der Waals surface area contributed by atoms with Crippen LogP contribution in [0, 0.1) is 25.2 Å². The lowest BCUT2D eigenvalue weighted by Crippen LogP contribution is -2.11. The summed E-state index contributed by atoms with van der Waals surface area (Å²) in [6, 6.07) is 10.3. The molecule has 0 saturated carbocycles. The molecule has 3 rings (SSSR count). The highest BCUT2D eigenvalue weighted by atomic mass is 15.2. The van der Waals surface area contributed by atoms with Crippen LogP contribution in [0.5, 0.6) is 0 Å². The predicted molar refractivity (Wildman–Crippen MR) is 89.0 cm³/mol. The standard InChI is InChI=1S/C17H18N6/c1-4-23-15-8-6-5-7-14(15)20-16(23)10-19-17-13(9-18)11(2)12(3)21-22-17/h5-8H,4,10H2,1-3H3,(H,19,22). The number of nitrogens with zero attached hydrogens (tertiary/aromatic N) is 5. The number of fused-ring (bicyclic) bond motifs is 1. The first-order valence-corrected chi connectivity index (χ1v) is 7.57. The van der Waals surface area contributed by atoms with Gasteiger partial charge in [-0.1, -0.05) is 12.1 Å². The van der Waals surface area contributed by atoms with Gasteiger partial charge in [-0.15, -0.1) is 5.10 Å². The second-order valence-electron chi connectivity index (χ2n) is 5.36. The van der Waals surface area contributed by atoms with Crippen LogP contribution in [0.1, 0.15) is 29.6 Å². The summed E-state index contributed by atoms with van der Waals surface area (Å²) in [7, 11) is 0. The van der Waals surface area contributed by atoms with E-state index in [1.54, 1.807) is 0 Å². The van der Waals surface area contributed by atoms with Gasteiger partial charge in [-0.2, -0.15) is 10.4 Å². The molecule has 2 heterocycles. The van der Waals surface area contributed by atoms with Crippen molar-refractivity contribution in [2.75, 3.05) is 5.32 Å². The van der Waals surface area contributed by atoms with Crippen molar-refractivity contribution in [3.63, 3.8) is 0 Å². The molecule has 0 spiro atoms. The Morgan fingerprint density at radius 2 is 2.00 bits per heavy atom. The van der Waals surface area contributed by atoms with Gasteiger partial charge in [0, 0.05) is 6.54 Å². The van der Waals surface area contributed by atoms with Gasteiger partial charge in [0.1, 0.15) is 17.5 Å². The van der Waals surface area contributed by atoms with Gasteiger partial charge in [-0.05, 0) is 38.5 Å². The molecule has 0 unspecified atom stereocenters. The average Bonchev–Trinajstić information content (AvgIpc) is 2.93. The molecular formula is C17H18N6. The van der Waals surface area contributed by atoms with Gasteiger partial charge in [0.05, 0.1) is 23.3 Å². The highest BCUT2D eigenvalue weighted by molar-refractivity contribution is 5.76. The van der Waals surface area contributed by atoms with Crippen LogP contribution in [0.2, 0.25) is 0 Å². The van der Waals surface area contributed by atoms with Gasteiger partial charge in [-0.3, -0.25) is 0 Å². The SMILES string of the molecule is CCn1c(CNc2nnc(C)c(C)c2C#N)nc2ccccc21. The van der Waals surface area contributed by atoms with Gasteiger partial charge < -0.3 is 9.88 Å². The first kappa shape index (κ1) is 15.0. The van der Waals surface area contributed by atoms with Crippen molar-refractivity contribution in [3.05, 3.63) is 46.9 Å². The topological polar surface area (TPSA) is 79.4 Å². The smallest absolute Gasteiger partial charge is 0.167 e. The molecule has 1 N–H and O–H groups in total. The van der Waals surface area contributed by atoms with Crippen molar-refractivity contribution in [3.8, 4) is 6.07 Å². The van der Waals surface area contributed by atoms with E-state index in [-0.39, 0.29) is 0 Å². The molecule has 3 aromatic rings. The number of imidazole rings is 1. The molecule has 6 nitrogen and oxygen atoms in total. The number of para-hydroxylation sites is 2. The van der Waals surface area contributed by atoms with E-state index in [4.69, 9.17) is 0 Å². The van der Waals surface area contributed by atoms with Crippen molar-refractivity contribution in [2.24, 2.45) is 0 Å². The highest BCUT2D eigenvalue weighted by Gasteiger charge is 2.13. The van der Waals surface area contributed by atoms with E-state index in [9.17, 15) is 5.26 Å². The molecule has 23 heavy (non-hydrogen) atoms. The highest BCUT2D eigenvalue weighted by Crippen LogP contribution is 2.20. The van der Waals surface area contributed by atoms with Gasteiger partial charge in [-0.25, -0.2) is 4.98 Å². The van der Waals surface area contributed by atoms with E-state index in [0.717, 1.165) is 34.7 Å². The summed E-state index contributed by atoms with van der Waals surface area (Å²) < 4.78 is 2.16. The lowest BCUT2D eigenvalue weighted by atomic mass is 10.1. The van der Waals surface area contributed by atoms with Crippen molar-refractivity contribution >= 4 is 16.9 Å². The van der Waals surface area contributed by atoms with Crippen LogP contribution in [0.25, 0.3) is 11.0 Å². The third-order valence-electron chi connectivity index (χ3n) is 4.03. The summed E-state index contributed by atoms with van der Waals surface area (Å²) in [5, 5.41) is 20.8. The van der Waals surface area contributed by atoms with Crippen molar-refractivity contribution in [1.29, 1.82) is 5.26 Å². The van der Waals surface area contributed by atoms with E-state index in [1.807, 2.05) is 32.0 Å². The fourth-order valence-corrected chi connectivity index (χ4v) is 2.65. The Balaban J connectivity index is 1.93. The molecule has 1 aromatic carbocycles. The molecule has 0 aliphatic carbocycles. The fourth-order valence-electron chi connectivity index (χ4n) is 2.65. The number of hydrogen-bond acceptors (Lipinski definition) is 5. The van der Waals surface area contributed by atoms with Crippen LogP contribution in [-0.2, 0) is 13.1 Å². The number of aryl methyl sites for hydroxylation is 2. The average molecular weight is 306 g/mol. The predicted octanol–water partition coefficient (Wildman–Crippen LogP) is 2.95. The van der Waals surface area contributed by atoms with Crippen molar-refractivity contribution in [1.82, 2.24) is 19.7 Å². The van der Waals surface area contributed by atoms with Gasteiger partial charge in [0.2, 0.25) is 0 Å². The first-order valence-electron chi connectivity index (χ1n) is 7.57. The van der Waals surface area contributed by atoms with Gasteiger partial charge >= 0.3 is 0 Å². The normalized spacial score (nSPS) is 10.7. The van der Waals surface area contributed by atoms with Crippen LogP contribution >= 0.6 is 0 Å². The van der Waals surface area contributed by atoms with E-state index in [2.05, 4.69) is 44.1 Å². The zero-order valence-corrected chi connectivity index (χ0v) is 13.5. The van der Waals surface area contributed by atoms with E-state index in [0.29, 0.717) is 17.9 Å². The number of hydrogen-bond donors (Lipinski definition) is 1. The van der Waals surface area contributed by atoms with E-state index in [1.165, 1.54) is 0 Å². The third kappa shape index (κ3) is 2.61. The van der Waals surface area contributed by atoms with Crippen LogP contribution in [0.15, 0.2) is 24.3 Å². The summed E-state index contributed by atoms with van der Waals surface area (Å²) in [5.74, 6) is 1.42. The third-order valence-corrected chi connectivity index (χ3v) is 4.03. The summed E-state index contributed by atoms with van der Waals surface area (Å²) in [5.41, 5.74) is 4.25. The number of rotatable bonds is 4. The van der Waals surface area contributed by atoms with Crippen molar-refractivity contribution < 1.29 is 0 Å². The zero-order chi connectivity index (χ0) is 16.4. The largest absolute Gasteiger partial charge is 0.360 e. The Hall–Kier alpha value is -2.94. The Morgan fingerprint density at radius 3 is 2.74 bits per heavy atom. The maximum atomic E-state index is 9.36. The van der Waals surface area contributed by atoms with Crippen LogP contribution in [-0.4, -0.2) is 19.7 Å². The van der Waals surface area contributed by atoms with Crippen LogP contribution in [0.4, 0.5) is 5.82 Å². The number of nitrogens with one attached hydrogen (secondary N) is 1. The second-order valence-corrected chi connectivity index (χ2v) is 5.36. The molecule has 0 aliphatic heterocycles. The second kappa shape index (κ2) is 6.05. The van der Waals surface area contributed by atoms with Gasteiger partial charge in [0.25, 0.3) is 0 Å². The molecule has 0 fully saturated rings. The maximum absolute atomic E-state index is 9.36. The number of benzene rings is 1. The zero-order valence-electron chi connectivity index (χ0n) is 13.5. The first-order chi connectivity index (χ1) is 11.2. The van der Waals surface area contributed by atoms with Crippen LogP contribution < -0.4 is 5.32 Å². The quantitative estimate of drug-likeness (QED) is 0.801. The summed E-state index contributed by atoms with van der Waals surface area (Å²) in [4.78, 5) is 4.66. The molecule has 0 amide bonds. The Labute approximate surface area is 134 Å². The minimum atomic E-state index is 0.494. The molecule has 2 aromatic heterocycles. The lowest BCUT2D eigenvalue weighted by Gasteiger charge is -2.10. The summed E-state index contributed by atoms with van der Waals surface area (Å²) in [6.45, 7) is 7.16. The minimum absolute atomic E-state index is 0.494. The molecule has 116 valence electrons. The minimum Gasteiger partial charge on any atom is -0.360 e. The Morgan fingerprint density at radius 1 is 1.22 bits per heavy atom. The number of anilines is 1. The van der Waals surface area contributed by atoms with Crippen LogP contribution in [0.3, 0.4) is 0 Å².